The molecule has 1 aliphatic heterocycles. The Bertz CT molecular complexity index is 500. The summed E-state index contributed by atoms with van der Waals surface area (Å²) >= 11 is 0. The average Bonchev–Trinajstić information content (AvgIpc) is 2.82. The Morgan fingerprint density at radius 1 is 1.32 bits per heavy atom. The van der Waals surface area contributed by atoms with E-state index >= 15 is 0 Å². The van der Waals surface area contributed by atoms with Crippen molar-refractivity contribution in [2.75, 3.05) is 19.9 Å². The van der Waals surface area contributed by atoms with E-state index in [-0.39, 0.29) is 25.7 Å². The third kappa shape index (κ3) is 3.15. The van der Waals surface area contributed by atoms with E-state index in [0.717, 1.165) is 5.56 Å². The quantitative estimate of drug-likeness (QED) is 0.855. The molecule has 6 nitrogen and oxygen atoms in total. The summed E-state index contributed by atoms with van der Waals surface area (Å²) in [6, 6.07) is 5.27. The largest absolute Gasteiger partial charge is 0.480 e. The van der Waals surface area contributed by atoms with Gasteiger partial charge in [-0.15, -0.1) is 0 Å². The van der Waals surface area contributed by atoms with Crippen LogP contribution in [-0.4, -0.2) is 41.8 Å². The second-order valence-corrected chi connectivity index (χ2v) is 4.17. The van der Waals surface area contributed by atoms with Gasteiger partial charge in [0, 0.05) is 6.54 Å². The van der Waals surface area contributed by atoms with Gasteiger partial charge in [-0.05, 0) is 24.6 Å². The molecule has 1 aromatic carbocycles. The van der Waals surface area contributed by atoms with Crippen molar-refractivity contribution in [1.29, 1.82) is 0 Å². The highest BCUT2D eigenvalue weighted by atomic mass is 16.7. The van der Waals surface area contributed by atoms with Gasteiger partial charge in [-0.3, -0.25) is 9.59 Å². The molecule has 19 heavy (non-hydrogen) atoms. The lowest BCUT2D eigenvalue weighted by molar-refractivity contribution is -0.144. The molecule has 1 aromatic rings. The Balaban J connectivity index is 2.03. The highest BCUT2D eigenvalue weighted by Gasteiger charge is 2.18. The summed E-state index contributed by atoms with van der Waals surface area (Å²) in [5.41, 5.74) is 0.776. The fourth-order valence-corrected chi connectivity index (χ4v) is 1.88. The van der Waals surface area contributed by atoms with Crippen LogP contribution in [0.3, 0.4) is 0 Å². The van der Waals surface area contributed by atoms with E-state index < -0.39 is 5.97 Å². The average molecular weight is 265 g/mol. The van der Waals surface area contributed by atoms with Gasteiger partial charge in [-0.25, -0.2) is 0 Å². The SMILES string of the molecule is CCN(CC(=O)O)C(=O)Cc1ccc2c(c1)OCO2. The molecule has 0 fully saturated rings. The van der Waals surface area contributed by atoms with Crippen molar-refractivity contribution in [1.82, 2.24) is 4.90 Å². The zero-order valence-electron chi connectivity index (χ0n) is 10.6. The maximum Gasteiger partial charge on any atom is 0.323 e. The molecule has 6 heteroatoms. The number of nitrogens with zero attached hydrogens (tertiary/aromatic N) is 1. The van der Waals surface area contributed by atoms with Crippen LogP contribution in [0.5, 0.6) is 11.5 Å². The monoisotopic (exact) mass is 265 g/mol. The van der Waals surface area contributed by atoms with E-state index in [1.165, 1.54) is 4.90 Å². The molecule has 1 aliphatic rings. The summed E-state index contributed by atoms with van der Waals surface area (Å²) in [6.45, 7) is 2.03. The number of carboxylic acids is 1. The summed E-state index contributed by atoms with van der Waals surface area (Å²) in [6.07, 6.45) is 0.151. The zero-order valence-corrected chi connectivity index (χ0v) is 10.6. The molecule has 1 heterocycles. The predicted molar refractivity (Wildman–Crippen MR) is 66.2 cm³/mol. The van der Waals surface area contributed by atoms with Gasteiger partial charge in [-0.1, -0.05) is 6.07 Å². The lowest BCUT2D eigenvalue weighted by Gasteiger charge is -2.18. The Morgan fingerprint density at radius 2 is 2.05 bits per heavy atom. The number of ether oxygens (including phenoxy) is 2. The molecular formula is C13H15NO5. The third-order valence-electron chi connectivity index (χ3n) is 2.85. The van der Waals surface area contributed by atoms with E-state index in [9.17, 15) is 9.59 Å². The third-order valence-corrected chi connectivity index (χ3v) is 2.85. The first-order chi connectivity index (χ1) is 9.10. The van der Waals surface area contributed by atoms with Crippen LogP contribution in [0.1, 0.15) is 12.5 Å². The fraction of sp³-hybridized carbons (Fsp3) is 0.385. The van der Waals surface area contributed by atoms with Crippen LogP contribution in [-0.2, 0) is 16.0 Å². The number of fused-ring (bicyclic) bond motifs is 1. The minimum Gasteiger partial charge on any atom is -0.480 e. The molecule has 0 unspecified atom stereocenters. The Labute approximate surface area is 110 Å². The van der Waals surface area contributed by atoms with E-state index in [4.69, 9.17) is 14.6 Å². The van der Waals surface area contributed by atoms with Gasteiger partial charge in [0.25, 0.3) is 0 Å². The van der Waals surface area contributed by atoms with Crippen molar-refractivity contribution < 1.29 is 24.2 Å². The summed E-state index contributed by atoms with van der Waals surface area (Å²) < 4.78 is 10.4. The summed E-state index contributed by atoms with van der Waals surface area (Å²) in [7, 11) is 0. The summed E-state index contributed by atoms with van der Waals surface area (Å²) in [4.78, 5) is 23.9. The molecule has 0 spiro atoms. The van der Waals surface area contributed by atoms with Crippen molar-refractivity contribution in [3.8, 4) is 11.5 Å². The molecule has 0 bridgehead atoms. The number of amides is 1. The topological polar surface area (TPSA) is 76.1 Å². The van der Waals surface area contributed by atoms with E-state index in [1.54, 1.807) is 25.1 Å². The number of benzene rings is 1. The van der Waals surface area contributed by atoms with Gasteiger partial charge in [0.05, 0.1) is 6.42 Å². The Kier molecular flexibility index (Phi) is 3.89. The van der Waals surface area contributed by atoms with Crippen LogP contribution in [0.15, 0.2) is 18.2 Å². The molecule has 0 saturated carbocycles. The van der Waals surface area contributed by atoms with E-state index in [2.05, 4.69) is 0 Å². The highest BCUT2D eigenvalue weighted by molar-refractivity contribution is 5.83. The van der Waals surface area contributed by atoms with Crippen LogP contribution in [0.25, 0.3) is 0 Å². The normalized spacial score (nSPS) is 12.3. The van der Waals surface area contributed by atoms with Crippen LogP contribution in [0.4, 0.5) is 0 Å². The molecule has 2 rings (SSSR count). The zero-order chi connectivity index (χ0) is 13.8. The highest BCUT2D eigenvalue weighted by Crippen LogP contribution is 2.32. The number of likely N-dealkylation sites (N-methyl/N-ethyl adjacent to an activating group) is 1. The summed E-state index contributed by atoms with van der Waals surface area (Å²) in [5, 5.41) is 8.73. The predicted octanol–water partition coefficient (Wildman–Crippen LogP) is 0.891. The molecule has 0 atom stereocenters. The molecular weight excluding hydrogens is 250 g/mol. The fourth-order valence-electron chi connectivity index (χ4n) is 1.88. The molecule has 0 saturated heterocycles. The Morgan fingerprint density at radius 3 is 2.74 bits per heavy atom. The number of hydrogen-bond acceptors (Lipinski definition) is 4. The molecule has 1 N–H and O–H groups in total. The lowest BCUT2D eigenvalue weighted by atomic mass is 10.1. The standard InChI is InChI=1S/C13H15NO5/c1-2-14(7-13(16)17)12(15)6-9-3-4-10-11(5-9)19-8-18-10/h3-5H,2,6-8H2,1H3,(H,16,17). The van der Waals surface area contributed by atoms with Gasteiger partial charge in [0.2, 0.25) is 12.7 Å². The lowest BCUT2D eigenvalue weighted by Crippen LogP contribution is -2.36. The van der Waals surface area contributed by atoms with Crippen LogP contribution >= 0.6 is 0 Å². The number of carbonyl (C=O) groups is 2. The number of aliphatic carboxylic acids is 1. The number of carbonyl (C=O) groups excluding carboxylic acids is 1. The van der Waals surface area contributed by atoms with Crippen molar-refractivity contribution in [2.45, 2.75) is 13.3 Å². The smallest absolute Gasteiger partial charge is 0.323 e. The van der Waals surface area contributed by atoms with E-state index in [1.807, 2.05) is 0 Å². The van der Waals surface area contributed by atoms with Gasteiger partial charge >= 0.3 is 5.97 Å². The molecule has 0 radical (unpaired) electrons. The van der Waals surface area contributed by atoms with Crippen molar-refractivity contribution in [2.24, 2.45) is 0 Å². The van der Waals surface area contributed by atoms with Crippen LogP contribution in [0, 0.1) is 0 Å². The summed E-state index contributed by atoms with van der Waals surface area (Å²) in [5.74, 6) is 0.0466. The van der Waals surface area contributed by atoms with Crippen molar-refractivity contribution in [3.63, 3.8) is 0 Å². The van der Waals surface area contributed by atoms with E-state index in [0.29, 0.717) is 18.0 Å². The minimum absolute atomic E-state index is 0.151. The van der Waals surface area contributed by atoms with Crippen molar-refractivity contribution >= 4 is 11.9 Å². The number of carboxylic acid groups (broad SMARTS) is 1. The first-order valence-corrected chi connectivity index (χ1v) is 5.98. The van der Waals surface area contributed by atoms with Gasteiger partial charge in [0.1, 0.15) is 6.54 Å². The number of rotatable bonds is 5. The Hall–Kier alpha value is -2.24. The van der Waals surface area contributed by atoms with Crippen LogP contribution < -0.4 is 9.47 Å². The van der Waals surface area contributed by atoms with Crippen LogP contribution in [0.2, 0.25) is 0 Å². The van der Waals surface area contributed by atoms with Gasteiger partial charge in [0.15, 0.2) is 11.5 Å². The maximum absolute atomic E-state index is 12.0. The minimum atomic E-state index is -1.01. The second kappa shape index (κ2) is 5.60. The van der Waals surface area contributed by atoms with Gasteiger partial charge < -0.3 is 19.5 Å². The molecule has 1 amide bonds. The first-order valence-electron chi connectivity index (χ1n) is 5.98. The van der Waals surface area contributed by atoms with Crippen molar-refractivity contribution in [3.05, 3.63) is 23.8 Å². The molecule has 102 valence electrons. The second-order valence-electron chi connectivity index (χ2n) is 4.17. The molecule has 0 aliphatic carbocycles. The molecule has 0 aromatic heterocycles. The van der Waals surface area contributed by atoms with Gasteiger partial charge in [-0.2, -0.15) is 0 Å². The first kappa shape index (κ1) is 13.2. The maximum atomic E-state index is 12.0. The number of hydrogen-bond donors (Lipinski definition) is 1.